The van der Waals surface area contributed by atoms with Crippen LogP contribution in [0.15, 0.2) is 47.4 Å². The zero-order valence-corrected chi connectivity index (χ0v) is 17.6. The van der Waals surface area contributed by atoms with Crippen molar-refractivity contribution in [2.45, 2.75) is 18.7 Å². The highest BCUT2D eigenvalue weighted by Gasteiger charge is 2.29. The van der Waals surface area contributed by atoms with Crippen LogP contribution in [0.25, 0.3) is 0 Å². The average molecular weight is 422 g/mol. The molecule has 150 valence electrons. The molecule has 2 aromatic carbocycles. The van der Waals surface area contributed by atoms with E-state index in [1.807, 2.05) is 36.9 Å². The molecule has 0 spiro atoms. The quantitative estimate of drug-likeness (QED) is 0.805. The highest BCUT2D eigenvalue weighted by atomic mass is 35.5. The van der Waals surface area contributed by atoms with Crippen LogP contribution in [0.2, 0.25) is 5.02 Å². The second-order valence-corrected chi connectivity index (χ2v) is 9.38. The van der Waals surface area contributed by atoms with E-state index in [2.05, 4.69) is 5.32 Å². The molecule has 1 aliphatic rings. The maximum atomic E-state index is 12.7. The summed E-state index contributed by atoms with van der Waals surface area (Å²) < 4.78 is 26.9. The number of aryl methyl sites for hydroxylation is 2. The van der Waals surface area contributed by atoms with Crippen LogP contribution in [-0.4, -0.2) is 56.3 Å². The summed E-state index contributed by atoms with van der Waals surface area (Å²) in [6, 6.07) is 12.2. The molecule has 1 amide bonds. The van der Waals surface area contributed by atoms with Crippen molar-refractivity contribution in [2.75, 3.05) is 38.0 Å². The summed E-state index contributed by atoms with van der Waals surface area (Å²) >= 11 is 5.92. The molecule has 1 aliphatic heterocycles. The van der Waals surface area contributed by atoms with E-state index in [-0.39, 0.29) is 17.3 Å². The SMILES string of the molecule is Cc1ccc(C)c(NC(=O)CN2CCN(S(=O)(=O)c3cccc(Cl)c3)CC2)c1. The van der Waals surface area contributed by atoms with Crippen molar-refractivity contribution in [3.63, 3.8) is 0 Å². The molecule has 1 heterocycles. The first-order valence-corrected chi connectivity index (χ1v) is 10.9. The van der Waals surface area contributed by atoms with Gasteiger partial charge in [0.2, 0.25) is 15.9 Å². The smallest absolute Gasteiger partial charge is 0.243 e. The Kier molecular flexibility index (Phi) is 6.40. The number of rotatable bonds is 5. The number of benzene rings is 2. The van der Waals surface area contributed by atoms with Crippen LogP contribution in [0.4, 0.5) is 5.69 Å². The lowest BCUT2D eigenvalue weighted by molar-refractivity contribution is -0.117. The number of carbonyl (C=O) groups excluding carboxylic acids is 1. The number of amides is 1. The number of anilines is 1. The molecule has 0 saturated carbocycles. The highest BCUT2D eigenvalue weighted by molar-refractivity contribution is 7.89. The number of nitrogens with zero attached hydrogens (tertiary/aromatic N) is 2. The fourth-order valence-corrected chi connectivity index (χ4v) is 4.89. The van der Waals surface area contributed by atoms with E-state index < -0.39 is 10.0 Å². The van der Waals surface area contributed by atoms with Gasteiger partial charge in [0.15, 0.2) is 0 Å². The van der Waals surface area contributed by atoms with E-state index >= 15 is 0 Å². The summed E-state index contributed by atoms with van der Waals surface area (Å²) in [5.41, 5.74) is 2.91. The Balaban J connectivity index is 1.56. The van der Waals surface area contributed by atoms with Crippen molar-refractivity contribution >= 4 is 33.2 Å². The van der Waals surface area contributed by atoms with E-state index in [4.69, 9.17) is 11.6 Å². The van der Waals surface area contributed by atoms with Gasteiger partial charge in [-0.1, -0.05) is 29.8 Å². The Morgan fingerprint density at radius 2 is 1.79 bits per heavy atom. The topological polar surface area (TPSA) is 69.7 Å². The molecule has 3 rings (SSSR count). The average Bonchev–Trinajstić information content (AvgIpc) is 2.65. The highest BCUT2D eigenvalue weighted by Crippen LogP contribution is 2.21. The fraction of sp³-hybridized carbons (Fsp3) is 0.350. The summed E-state index contributed by atoms with van der Waals surface area (Å²) in [6.45, 7) is 5.85. The van der Waals surface area contributed by atoms with Crippen molar-refractivity contribution < 1.29 is 13.2 Å². The van der Waals surface area contributed by atoms with E-state index in [1.54, 1.807) is 18.2 Å². The minimum atomic E-state index is -3.57. The van der Waals surface area contributed by atoms with Crippen LogP contribution in [-0.2, 0) is 14.8 Å². The van der Waals surface area contributed by atoms with Crippen LogP contribution >= 0.6 is 11.6 Å². The molecule has 8 heteroatoms. The molecule has 6 nitrogen and oxygen atoms in total. The van der Waals surface area contributed by atoms with E-state index in [0.29, 0.717) is 31.2 Å². The Labute approximate surface area is 171 Å². The molecular weight excluding hydrogens is 398 g/mol. The summed E-state index contributed by atoms with van der Waals surface area (Å²) in [4.78, 5) is 14.5. The van der Waals surface area contributed by atoms with Gasteiger partial charge in [-0.2, -0.15) is 4.31 Å². The summed E-state index contributed by atoms with van der Waals surface area (Å²) in [5.74, 6) is -0.0974. The molecule has 0 unspecified atom stereocenters. The van der Waals surface area contributed by atoms with Crippen molar-refractivity contribution in [3.8, 4) is 0 Å². The molecule has 0 radical (unpaired) electrons. The molecule has 0 bridgehead atoms. The predicted molar refractivity (Wildman–Crippen MR) is 111 cm³/mol. The summed E-state index contributed by atoms with van der Waals surface area (Å²) in [7, 11) is -3.57. The number of nitrogens with one attached hydrogen (secondary N) is 1. The van der Waals surface area contributed by atoms with Gasteiger partial charge in [-0.25, -0.2) is 8.42 Å². The van der Waals surface area contributed by atoms with Crippen molar-refractivity contribution in [1.29, 1.82) is 0 Å². The maximum Gasteiger partial charge on any atom is 0.243 e. The van der Waals surface area contributed by atoms with E-state index in [1.165, 1.54) is 10.4 Å². The lowest BCUT2D eigenvalue weighted by atomic mass is 10.1. The number of hydrogen-bond acceptors (Lipinski definition) is 4. The van der Waals surface area contributed by atoms with Gasteiger partial charge in [0, 0.05) is 36.9 Å². The molecule has 1 fully saturated rings. The lowest BCUT2D eigenvalue weighted by Crippen LogP contribution is -2.50. The number of hydrogen-bond donors (Lipinski definition) is 1. The third-order valence-corrected chi connectivity index (χ3v) is 6.93. The third-order valence-electron chi connectivity index (χ3n) is 4.80. The van der Waals surface area contributed by atoms with Gasteiger partial charge < -0.3 is 5.32 Å². The second-order valence-electron chi connectivity index (χ2n) is 7.00. The maximum absolute atomic E-state index is 12.7. The first-order valence-electron chi connectivity index (χ1n) is 9.11. The zero-order chi connectivity index (χ0) is 20.3. The molecule has 2 aromatic rings. The van der Waals surface area contributed by atoms with Crippen molar-refractivity contribution in [2.24, 2.45) is 0 Å². The van der Waals surface area contributed by atoms with Gasteiger partial charge in [-0.15, -0.1) is 0 Å². The number of carbonyl (C=O) groups is 1. The minimum Gasteiger partial charge on any atom is -0.325 e. The molecule has 0 aliphatic carbocycles. The van der Waals surface area contributed by atoms with Gasteiger partial charge in [0.25, 0.3) is 0 Å². The molecule has 0 aromatic heterocycles. The molecule has 0 atom stereocenters. The first kappa shape index (κ1) is 20.8. The summed E-state index contributed by atoms with van der Waals surface area (Å²) in [5, 5.41) is 3.34. The van der Waals surface area contributed by atoms with Gasteiger partial charge in [-0.3, -0.25) is 9.69 Å². The number of piperazine rings is 1. The zero-order valence-electron chi connectivity index (χ0n) is 16.0. The summed E-state index contributed by atoms with van der Waals surface area (Å²) in [6.07, 6.45) is 0. The van der Waals surface area contributed by atoms with Crippen LogP contribution < -0.4 is 5.32 Å². The number of halogens is 1. The normalized spacial score (nSPS) is 16.1. The van der Waals surface area contributed by atoms with E-state index in [9.17, 15) is 13.2 Å². The molecule has 28 heavy (non-hydrogen) atoms. The van der Waals surface area contributed by atoms with Crippen molar-refractivity contribution in [1.82, 2.24) is 9.21 Å². The van der Waals surface area contributed by atoms with Gasteiger partial charge in [-0.05, 0) is 49.2 Å². The van der Waals surface area contributed by atoms with Crippen LogP contribution in [0.1, 0.15) is 11.1 Å². The fourth-order valence-electron chi connectivity index (χ4n) is 3.17. The van der Waals surface area contributed by atoms with Gasteiger partial charge in [0.05, 0.1) is 11.4 Å². The predicted octanol–water partition coefficient (Wildman–Crippen LogP) is 2.90. The lowest BCUT2D eigenvalue weighted by Gasteiger charge is -2.33. The third kappa shape index (κ3) is 4.91. The Morgan fingerprint density at radius 1 is 1.07 bits per heavy atom. The molecule has 1 N–H and O–H groups in total. The Morgan fingerprint density at radius 3 is 2.46 bits per heavy atom. The van der Waals surface area contributed by atoms with Gasteiger partial charge >= 0.3 is 0 Å². The van der Waals surface area contributed by atoms with Crippen molar-refractivity contribution in [3.05, 3.63) is 58.6 Å². The van der Waals surface area contributed by atoms with Gasteiger partial charge in [0.1, 0.15) is 0 Å². The van der Waals surface area contributed by atoms with Crippen LogP contribution in [0.5, 0.6) is 0 Å². The largest absolute Gasteiger partial charge is 0.325 e. The Bertz CT molecular complexity index is 970. The number of sulfonamides is 1. The van der Waals surface area contributed by atoms with Crippen LogP contribution in [0.3, 0.4) is 0 Å². The molecular formula is C20H24ClN3O3S. The minimum absolute atomic E-state index is 0.0974. The van der Waals surface area contributed by atoms with Crippen LogP contribution in [0, 0.1) is 13.8 Å². The molecule has 1 saturated heterocycles. The standard InChI is InChI=1S/C20H24ClN3O3S/c1-15-6-7-16(2)19(12-15)22-20(25)14-23-8-10-24(11-9-23)28(26,27)18-5-3-4-17(21)13-18/h3-7,12-13H,8-11,14H2,1-2H3,(H,22,25). The second kappa shape index (κ2) is 8.61. The first-order chi connectivity index (χ1) is 13.3. The Hall–Kier alpha value is -1.93. The monoisotopic (exact) mass is 421 g/mol. The van der Waals surface area contributed by atoms with E-state index in [0.717, 1.165) is 16.8 Å².